The molecule has 1 unspecified atom stereocenters. The van der Waals surface area contributed by atoms with E-state index >= 15 is 0 Å². The molecular weight excluding hydrogens is 214 g/mol. The lowest BCUT2D eigenvalue weighted by Crippen LogP contribution is -2.25. The standard InChI is InChI=1S/C11H12ClNO2/c12-6-10(14)8-1-3-9-7(5-8)2-4-11(15)13-9/h5,7H,1-4,6H2. The van der Waals surface area contributed by atoms with Crippen molar-refractivity contribution in [2.75, 3.05) is 5.88 Å². The van der Waals surface area contributed by atoms with Gasteiger partial charge in [-0.25, -0.2) is 4.99 Å². The minimum Gasteiger partial charge on any atom is -0.293 e. The number of ketones is 1. The molecule has 0 saturated carbocycles. The number of hydrogen-bond acceptors (Lipinski definition) is 2. The number of carbonyl (C=O) groups is 2. The second-order valence-electron chi connectivity index (χ2n) is 3.89. The average molecular weight is 226 g/mol. The lowest BCUT2D eigenvalue weighted by atomic mass is 9.83. The van der Waals surface area contributed by atoms with Crippen LogP contribution in [0.15, 0.2) is 16.6 Å². The number of halogens is 1. The maximum atomic E-state index is 11.4. The van der Waals surface area contributed by atoms with Crippen LogP contribution in [0.2, 0.25) is 0 Å². The minimum atomic E-state index is -0.0261. The molecule has 0 aromatic heterocycles. The first-order valence-corrected chi connectivity index (χ1v) is 5.64. The van der Waals surface area contributed by atoms with Gasteiger partial charge in [-0.15, -0.1) is 11.6 Å². The number of hydrogen-bond donors (Lipinski definition) is 0. The summed E-state index contributed by atoms with van der Waals surface area (Å²) in [6.45, 7) is 0. The molecule has 1 amide bonds. The van der Waals surface area contributed by atoms with E-state index in [4.69, 9.17) is 11.6 Å². The summed E-state index contributed by atoms with van der Waals surface area (Å²) in [5.74, 6) is 0.220. The number of fused-ring (bicyclic) bond motifs is 1. The molecule has 1 aliphatic heterocycles. The van der Waals surface area contributed by atoms with Crippen LogP contribution in [-0.2, 0) is 9.59 Å². The average Bonchev–Trinajstić information content (AvgIpc) is 2.27. The molecule has 15 heavy (non-hydrogen) atoms. The smallest absolute Gasteiger partial charge is 0.245 e. The normalized spacial score (nSPS) is 25.4. The van der Waals surface area contributed by atoms with E-state index < -0.39 is 0 Å². The van der Waals surface area contributed by atoms with Crippen LogP contribution in [0.1, 0.15) is 25.7 Å². The molecule has 1 atom stereocenters. The number of carbonyl (C=O) groups excluding carboxylic acids is 2. The van der Waals surface area contributed by atoms with Gasteiger partial charge in [-0.05, 0) is 24.8 Å². The molecule has 0 fully saturated rings. The Morgan fingerprint density at radius 2 is 2.27 bits per heavy atom. The second kappa shape index (κ2) is 4.27. The summed E-state index contributed by atoms with van der Waals surface area (Å²) in [6.07, 6.45) is 4.63. The maximum Gasteiger partial charge on any atom is 0.245 e. The van der Waals surface area contributed by atoms with E-state index in [1.807, 2.05) is 6.08 Å². The molecule has 0 radical (unpaired) electrons. The molecule has 0 N–H and O–H groups in total. The molecule has 2 aliphatic rings. The van der Waals surface area contributed by atoms with Gasteiger partial charge in [0.25, 0.3) is 0 Å². The van der Waals surface area contributed by atoms with Crippen molar-refractivity contribution in [2.24, 2.45) is 10.9 Å². The zero-order valence-corrected chi connectivity index (χ0v) is 9.09. The van der Waals surface area contributed by atoms with Crippen molar-refractivity contribution in [1.82, 2.24) is 0 Å². The van der Waals surface area contributed by atoms with Crippen molar-refractivity contribution in [3.05, 3.63) is 11.6 Å². The molecule has 3 nitrogen and oxygen atoms in total. The Morgan fingerprint density at radius 1 is 1.47 bits per heavy atom. The molecule has 0 aromatic rings. The van der Waals surface area contributed by atoms with Crippen molar-refractivity contribution in [1.29, 1.82) is 0 Å². The van der Waals surface area contributed by atoms with E-state index in [-0.39, 0.29) is 23.5 Å². The first-order valence-electron chi connectivity index (χ1n) is 5.11. The Bertz CT molecular complexity index is 371. The van der Waals surface area contributed by atoms with Crippen molar-refractivity contribution in [3.8, 4) is 0 Å². The van der Waals surface area contributed by atoms with Crippen LogP contribution >= 0.6 is 11.6 Å². The van der Waals surface area contributed by atoms with Crippen molar-refractivity contribution >= 4 is 29.0 Å². The molecule has 0 spiro atoms. The van der Waals surface area contributed by atoms with Gasteiger partial charge in [0.05, 0.1) is 5.88 Å². The molecule has 1 heterocycles. The maximum absolute atomic E-state index is 11.4. The molecule has 0 aromatic carbocycles. The molecule has 0 bridgehead atoms. The Balaban J connectivity index is 2.20. The first kappa shape index (κ1) is 10.6. The Hall–Kier alpha value is -0.960. The quantitative estimate of drug-likeness (QED) is 0.674. The van der Waals surface area contributed by atoms with Crippen molar-refractivity contribution in [2.45, 2.75) is 25.7 Å². The number of nitrogens with zero attached hydrogens (tertiary/aromatic N) is 1. The summed E-state index contributed by atoms with van der Waals surface area (Å²) in [5, 5.41) is 0. The van der Waals surface area contributed by atoms with E-state index in [0.717, 1.165) is 24.1 Å². The highest BCUT2D eigenvalue weighted by Gasteiger charge is 2.26. The monoisotopic (exact) mass is 225 g/mol. The highest BCUT2D eigenvalue weighted by atomic mass is 35.5. The van der Waals surface area contributed by atoms with Crippen LogP contribution in [-0.4, -0.2) is 23.3 Å². The topological polar surface area (TPSA) is 46.5 Å². The number of allylic oxidation sites excluding steroid dienone is 2. The molecular formula is C11H12ClNO2. The molecule has 2 rings (SSSR count). The summed E-state index contributed by atoms with van der Waals surface area (Å²) < 4.78 is 0. The van der Waals surface area contributed by atoms with Gasteiger partial charge in [0.2, 0.25) is 5.91 Å². The highest BCUT2D eigenvalue weighted by Crippen LogP contribution is 2.28. The van der Waals surface area contributed by atoms with Crippen LogP contribution in [0.3, 0.4) is 0 Å². The number of alkyl halides is 1. The summed E-state index contributed by atoms with van der Waals surface area (Å²) in [6, 6.07) is 0. The van der Waals surface area contributed by atoms with Gasteiger partial charge in [-0.1, -0.05) is 6.08 Å². The third kappa shape index (κ3) is 2.17. The van der Waals surface area contributed by atoms with E-state index in [2.05, 4.69) is 4.99 Å². The van der Waals surface area contributed by atoms with Crippen molar-refractivity contribution in [3.63, 3.8) is 0 Å². The van der Waals surface area contributed by atoms with Crippen LogP contribution in [0.25, 0.3) is 0 Å². The first-order chi connectivity index (χ1) is 7.20. The highest BCUT2D eigenvalue weighted by molar-refractivity contribution is 6.30. The Labute approximate surface area is 93.2 Å². The van der Waals surface area contributed by atoms with Crippen LogP contribution in [0.4, 0.5) is 0 Å². The van der Waals surface area contributed by atoms with Crippen LogP contribution in [0.5, 0.6) is 0 Å². The summed E-state index contributed by atoms with van der Waals surface area (Å²) in [5.41, 5.74) is 1.75. The number of amides is 1. The van der Waals surface area contributed by atoms with E-state index in [1.165, 1.54) is 0 Å². The third-order valence-electron chi connectivity index (χ3n) is 2.90. The molecule has 80 valence electrons. The zero-order chi connectivity index (χ0) is 10.8. The molecule has 1 aliphatic carbocycles. The van der Waals surface area contributed by atoms with Crippen LogP contribution in [0, 0.1) is 5.92 Å². The van der Waals surface area contributed by atoms with Gasteiger partial charge in [-0.3, -0.25) is 9.59 Å². The zero-order valence-electron chi connectivity index (χ0n) is 8.33. The molecule has 4 heteroatoms. The largest absolute Gasteiger partial charge is 0.293 e. The van der Waals surface area contributed by atoms with Gasteiger partial charge in [0.15, 0.2) is 5.78 Å². The van der Waals surface area contributed by atoms with E-state index in [0.29, 0.717) is 12.8 Å². The number of rotatable bonds is 2. The van der Waals surface area contributed by atoms with Crippen molar-refractivity contribution < 1.29 is 9.59 Å². The Morgan fingerprint density at radius 3 is 3.00 bits per heavy atom. The van der Waals surface area contributed by atoms with Gasteiger partial charge in [0.1, 0.15) is 0 Å². The fourth-order valence-electron chi connectivity index (χ4n) is 2.07. The van der Waals surface area contributed by atoms with Gasteiger partial charge >= 0.3 is 0 Å². The fourth-order valence-corrected chi connectivity index (χ4v) is 2.24. The predicted molar refractivity (Wildman–Crippen MR) is 58.2 cm³/mol. The predicted octanol–water partition coefficient (Wildman–Crippen LogP) is 1.89. The van der Waals surface area contributed by atoms with Crippen LogP contribution < -0.4 is 0 Å². The third-order valence-corrected chi connectivity index (χ3v) is 3.14. The lowest BCUT2D eigenvalue weighted by Gasteiger charge is -2.24. The minimum absolute atomic E-state index is 0.00705. The number of aliphatic imine (C=N–C) groups is 1. The second-order valence-corrected chi connectivity index (χ2v) is 4.16. The SMILES string of the molecule is O=C1CCC2C=C(C(=O)CCl)CCC2=N1. The number of Topliss-reactive ketones (excluding diaryl/α,β-unsaturated/α-hetero) is 1. The Kier molecular flexibility index (Phi) is 3.00. The summed E-state index contributed by atoms with van der Waals surface area (Å²) >= 11 is 5.51. The molecule has 0 saturated heterocycles. The van der Waals surface area contributed by atoms with Gasteiger partial charge in [0, 0.05) is 18.1 Å². The van der Waals surface area contributed by atoms with E-state index in [1.54, 1.807) is 0 Å². The van der Waals surface area contributed by atoms with Gasteiger partial charge in [-0.2, -0.15) is 0 Å². The van der Waals surface area contributed by atoms with E-state index in [9.17, 15) is 9.59 Å². The fraction of sp³-hybridized carbons (Fsp3) is 0.545. The lowest BCUT2D eigenvalue weighted by molar-refractivity contribution is -0.118. The summed E-state index contributed by atoms with van der Waals surface area (Å²) in [7, 11) is 0. The van der Waals surface area contributed by atoms with Gasteiger partial charge < -0.3 is 0 Å². The summed E-state index contributed by atoms with van der Waals surface area (Å²) in [4.78, 5) is 26.5.